The van der Waals surface area contributed by atoms with Gasteiger partial charge in [-0.15, -0.1) is 5.73 Å². The number of carbonyl (C=O) groups is 3. The van der Waals surface area contributed by atoms with Crippen LogP contribution in [0.2, 0.25) is 0 Å². The standard InChI is InChI=1S/C26H46N2O5S/c1-4-5-6-7-8-9-10-11-12-13-14-15-16-23(31)34-20-19-27-22(30)17-18-28-25(33)24(32)26(2,3)21-29/h13,15,24,29,32H,4-12,16-21H2,1-3H3,(H,27,30)(H,28,33). The summed E-state index contributed by atoms with van der Waals surface area (Å²) in [4.78, 5) is 35.5. The van der Waals surface area contributed by atoms with Crippen LogP contribution in [-0.2, 0) is 14.4 Å². The molecule has 0 bridgehead atoms. The molecule has 0 radical (unpaired) electrons. The van der Waals surface area contributed by atoms with Crippen LogP contribution in [0.15, 0.2) is 17.9 Å². The number of aliphatic hydroxyl groups excluding tert-OH is 2. The van der Waals surface area contributed by atoms with Crippen LogP contribution in [0.25, 0.3) is 0 Å². The van der Waals surface area contributed by atoms with Gasteiger partial charge < -0.3 is 20.8 Å². The van der Waals surface area contributed by atoms with Gasteiger partial charge in [-0.2, -0.15) is 0 Å². The van der Waals surface area contributed by atoms with Gasteiger partial charge in [0.15, 0.2) is 5.12 Å². The van der Waals surface area contributed by atoms with Crippen molar-refractivity contribution in [1.82, 2.24) is 10.6 Å². The van der Waals surface area contributed by atoms with E-state index >= 15 is 0 Å². The van der Waals surface area contributed by atoms with Gasteiger partial charge in [-0.3, -0.25) is 14.4 Å². The number of allylic oxidation sites excluding steroid dienone is 1. The van der Waals surface area contributed by atoms with Gasteiger partial charge in [0.1, 0.15) is 6.10 Å². The Morgan fingerprint density at radius 1 is 0.971 bits per heavy atom. The summed E-state index contributed by atoms with van der Waals surface area (Å²) in [5.74, 6) is -0.378. The van der Waals surface area contributed by atoms with Gasteiger partial charge in [0.2, 0.25) is 11.8 Å². The fraction of sp³-hybridized carbons (Fsp3) is 0.769. The minimum Gasteiger partial charge on any atom is -0.396 e. The molecule has 0 aromatic heterocycles. The summed E-state index contributed by atoms with van der Waals surface area (Å²) in [6.07, 6.45) is 14.2. The first kappa shape index (κ1) is 32.4. The van der Waals surface area contributed by atoms with Crippen molar-refractivity contribution in [3.05, 3.63) is 17.9 Å². The van der Waals surface area contributed by atoms with Crippen molar-refractivity contribution in [3.8, 4) is 0 Å². The minimum atomic E-state index is -1.35. The first-order chi connectivity index (χ1) is 16.2. The highest BCUT2D eigenvalue weighted by Crippen LogP contribution is 2.19. The molecule has 0 saturated heterocycles. The van der Waals surface area contributed by atoms with Crippen LogP contribution in [0.5, 0.6) is 0 Å². The number of aliphatic hydroxyl groups is 2. The van der Waals surface area contributed by atoms with Crippen molar-refractivity contribution in [1.29, 1.82) is 0 Å². The molecule has 0 saturated carbocycles. The van der Waals surface area contributed by atoms with Crippen molar-refractivity contribution in [2.24, 2.45) is 5.41 Å². The molecule has 1 atom stereocenters. The molecule has 2 amide bonds. The molecule has 4 N–H and O–H groups in total. The fourth-order valence-corrected chi connectivity index (χ4v) is 3.66. The van der Waals surface area contributed by atoms with Gasteiger partial charge in [0.25, 0.3) is 0 Å². The van der Waals surface area contributed by atoms with E-state index in [1.807, 2.05) is 6.08 Å². The summed E-state index contributed by atoms with van der Waals surface area (Å²) in [5, 5.41) is 24.3. The molecule has 0 aromatic carbocycles. The van der Waals surface area contributed by atoms with E-state index in [1.165, 1.54) is 63.1 Å². The topological polar surface area (TPSA) is 116 Å². The summed E-state index contributed by atoms with van der Waals surface area (Å²) in [6, 6.07) is 0. The van der Waals surface area contributed by atoms with E-state index in [0.29, 0.717) is 18.7 Å². The van der Waals surface area contributed by atoms with Crippen LogP contribution in [0.4, 0.5) is 0 Å². The number of hydrogen-bond donors (Lipinski definition) is 4. The zero-order valence-corrected chi connectivity index (χ0v) is 22.2. The van der Waals surface area contributed by atoms with E-state index in [9.17, 15) is 24.6 Å². The Morgan fingerprint density at radius 3 is 2.26 bits per heavy atom. The summed E-state index contributed by atoms with van der Waals surface area (Å²) >= 11 is 1.17. The third-order valence-corrected chi connectivity index (χ3v) is 6.34. The lowest BCUT2D eigenvalue weighted by molar-refractivity contribution is -0.137. The number of amides is 2. The van der Waals surface area contributed by atoms with E-state index in [-0.39, 0.29) is 30.6 Å². The quantitative estimate of drug-likeness (QED) is 0.150. The normalized spacial score (nSPS) is 11.9. The summed E-state index contributed by atoms with van der Waals surface area (Å²) in [6.45, 7) is 5.51. The number of carbonyl (C=O) groups excluding carboxylic acids is 3. The fourth-order valence-electron chi connectivity index (χ4n) is 3.03. The molecule has 196 valence electrons. The molecule has 8 heteroatoms. The van der Waals surface area contributed by atoms with Gasteiger partial charge in [0.05, 0.1) is 6.61 Å². The monoisotopic (exact) mass is 498 g/mol. The van der Waals surface area contributed by atoms with Crippen LogP contribution in [0.3, 0.4) is 0 Å². The molecular weight excluding hydrogens is 452 g/mol. The molecule has 0 aliphatic heterocycles. The first-order valence-electron chi connectivity index (χ1n) is 12.6. The van der Waals surface area contributed by atoms with Crippen molar-refractivity contribution >= 4 is 28.7 Å². The number of hydrogen-bond acceptors (Lipinski definition) is 6. The van der Waals surface area contributed by atoms with Crippen molar-refractivity contribution in [2.45, 2.75) is 97.5 Å². The minimum absolute atomic E-state index is 0.0370. The molecule has 0 spiro atoms. The average molecular weight is 499 g/mol. The number of unbranched alkanes of at least 4 members (excludes halogenated alkanes) is 8. The molecule has 0 heterocycles. The van der Waals surface area contributed by atoms with Gasteiger partial charge in [-0.25, -0.2) is 0 Å². The molecule has 0 aliphatic carbocycles. The Balaban J connectivity index is 3.72. The third-order valence-electron chi connectivity index (χ3n) is 5.44. The Hall–Kier alpha value is -1.60. The Kier molecular flexibility index (Phi) is 19.8. The van der Waals surface area contributed by atoms with Crippen LogP contribution in [0.1, 0.15) is 91.4 Å². The first-order valence-corrected chi connectivity index (χ1v) is 13.6. The predicted octanol–water partition coefficient (Wildman–Crippen LogP) is 3.88. The maximum Gasteiger partial charge on any atom is 0.249 e. The third kappa shape index (κ3) is 17.8. The maximum absolute atomic E-state index is 11.9. The lowest BCUT2D eigenvalue weighted by atomic mass is 9.87. The molecule has 0 aromatic rings. The van der Waals surface area contributed by atoms with Crippen molar-refractivity contribution < 1.29 is 24.6 Å². The van der Waals surface area contributed by atoms with Gasteiger partial charge in [-0.05, 0) is 25.0 Å². The average Bonchev–Trinajstić information content (AvgIpc) is 2.81. The molecular formula is C26H46N2O5S. The van der Waals surface area contributed by atoms with Gasteiger partial charge >= 0.3 is 0 Å². The maximum atomic E-state index is 11.9. The van der Waals surface area contributed by atoms with Crippen molar-refractivity contribution in [2.75, 3.05) is 25.4 Å². The highest BCUT2D eigenvalue weighted by Gasteiger charge is 2.32. The van der Waals surface area contributed by atoms with Crippen LogP contribution in [0, 0.1) is 5.41 Å². The summed E-state index contributed by atoms with van der Waals surface area (Å²) in [7, 11) is 0. The highest BCUT2D eigenvalue weighted by molar-refractivity contribution is 8.13. The lowest BCUT2D eigenvalue weighted by Crippen LogP contribution is -2.46. The molecule has 1 unspecified atom stereocenters. The second kappa shape index (κ2) is 20.7. The zero-order valence-electron chi connectivity index (χ0n) is 21.4. The summed E-state index contributed by atoms with van der Waals surface area (Å²) < 4.78 is 0. The van der Waals surface area contributed by atoms with E-state index in [1.54, 1.807) is 19.9 Å². The van der Waals surface area contributed by atoms with E-state index in [2.05, 4.69) is 23.3 Å². The Morgan fingerprint density at radius 2 is 1.62 bits per heavy atom. The smallest absolute Gasteiger partial charge is 0.249 e. The van der Waals surface area contributed by atoms with Crippen LogP contribution < -0.4 is 10.6 Å². The Bertz CT molecular complexity index is 645. The molecule has 0 aliphatic rings. The molecule has 0 fully saturated rings. The van der Waals surface area contributed by atoms with E-state index in [4.69, 9.17) is 0 Å². The second-order valence-corrected chi connectivity index (χ2v) is 10.4. The number of rotatable bonds is 20. The van der Waals surface area contributed by atoms with E-state index < -0.39 is 17.4 Å². The zero-order chi connectivity index (χ0) is 25.7. The van der Waals surface area contributed by atoms with Crippen LogP contribution in [-0.4, -0.2) is 58.7 Å². The molecule has 0 rings (SSSR count). The van der Waals surface area contributed by atoms with Gasteiger partial charge in [0, 0.05) is 37.1 Å². The largest absolute Gasteiger partial charge is 0.396 e. The molecule has 34 heavy (non-hydrogen) atoms. The number of thioether (sulfide) groups is 1. The van der Waals surface area contributed by atoms with Crippen molar-refractivity contribution in [3.63, 3.8) is 0 Å². The van der Waals surface area contributed by atoms with Gasteiger partial charge in [-0.1, -0.05) is 77.5 Å². The highest BCUT2D eigenvalue weighted by atomic mass is 32.2. The van der Waals surface area contributed by atoms with Crippen LogP contribution >= 0.6 is 11.8 Å². The molecule has 7 nitrogen and oxygen atoms in total. The van der Waals surface area contributed by atoms with E-state index in [0.717, 1.165) is 6.42 Å². The predicted molar refractivity (Wildman–Crippen MR) is 139 cm³/mol. The second-order valence-electron chi connectivity index (χ2n) is 9.20. The Labute approximate surface area is 210 Å². The SMILES string of the molecule is CCCCCCCCCCC=C=CCC(=O)SCCNC(=O)CCNC(=O)C(O)C(C)(C)CO. The lowest BCUT2D eigenvalue weighted by Gasteiger charge is -2.27. The summed E-state index contributed by atoms with van der Waals surface area (Å²) in [5.41, 5.74) is 2.13. The number of nitrogens with one attached hydrogen (secondary N) is 2.